The molecule has 2 aromatic rings. The first kappa shape index (κ1) is 19.6. The van der Waals surface area contributed by atoms with E-state index in [-0.39, 0.29) is 23.6 Å². The minimum Gasteiger partial charge on any atom is -0.341 e. The fraction of sp³-hybridized carbons (Fsp3) is 0.318. The summed E-state index contributed by atoms with van der Waals surface area (Å²) in [6.45, 7) is 2.92. The van der Waals surface area contributed by atoms with Gasteiger partial charge in [-0.2, -0.15) is 0 Å². The Hall–Kier alpha value is -3.15. The first-order valence-electron chi connectivity index (χ1n) is 9.47. The lowest BCUT2D eigenvalue weighted by Gasteiger charge is -2.32. The fourth-order valence-corrected chi connectivity index (χ4v) is 3.52. The third kappa shape index (κ3) is 4.57. The molecule has 6 nitrogen and oxygen atoms in total. The molecule has 2 aromatic carbocycles. The molecule has 0 radical (unpaired) electrons. The van der Waals surface area contributed by atoms with Crippen molar-refractivity contribution in [2.24, 2.45) is 0 Å². The number of Topliss-reactive ketones (excluding diaryl/α,β-unsaturated/α-hetero) is 1. The van der Waals surface area contributed by atoms with Crippen LogP contribution in [0.2, 0.25) is 0 Å². The Morgan fingerprint density at radius 1 is 1.04 bits per heavy atom. The van der Waals surface area contributed by atoms with Crippen LogP contribution in [-0.2, 0) is 0 Å². The molecule has 1 aliphatic rings. The molecule has 1 unspecified atom stereocenters. The molecule has 0 spiro atoms. The molecule has 1 atom stereocenters. The Balaban J connectivity index is 1.70. The second kappa shape index (κ2) is 8.69. The van der Waals surface area contributed by atoms with Gasteiger partial charge in [0.1, 0.15) is 0 Å². The van der Waals surface area contributed by atoms with Crippen molar-refractivity contribution < 1.29 is 14.4 Å². The quantitative estimate of drug-likeness (QED) is 0.796. The van der Waals surface area contributed by atoms with Crippen molar-refractivity contribution in [1.82, 2.24) is 10.2 Å². The first-order valence-corrected chi connectivity index (χ1v) is 9.47. The molecule has 1 fully saturated rings. The van der Waals surface area contributed by atoms with E-state index in [1.165, 1.54) is 6.92 Å². The van der Waals surface area contributed by atoms with Gasteiger partial charge in [0.05, 0.1) is 0 Å². The molecule has 1 saturated heterocycles. The average molecular weight is 379 g/mol. The smallest absolute Gasteiger partial charge is 0.317 e. The fourth-order valence-electron chi connectivity index (χ4n) is 3.52. The van der Waals surface area contributed by atoms with E-state index in [0.717, 1.165) is 24.9 Å². The summed E-state index contributed by atoms with van der Waals surface area (Å²) >= 11 is 0. The monoisotopic (exact) mass is 379 g/mol. The zero-order valence-corrected chi connectivity index (χ0v) is 16.2. The number of hydrogen-bond acceptors (Lipinski definition) is 3. The predicted molar refractivity (Wildman–Crippen MR) is 109 cm³/mol. The highest BCUT2D eigenvalue weighted by molar-refractivity contribution is 6.04. The number of ketones is 1. The maximum Gasteiger partial charge on any atom is 0.317 e. The summed E-state index contributed by atoms with van der Waals surface area (Å²) in [4.78, 5) is 37.7. The van der Waals surface area contributed by atoms with Crippen molar-refractivity contribution in [2.75, 3.05) is 25.5 Å². The van der Waals surface area contributed by atoms with Crippen molar-refractivity contribution >= 4 is 23.4 Å². The van der Waals surface area contributed by atoms with Gasteiger partial charge in [-0.25, -0.2) is 4.79 Å². The number of likely N-dealkylation sites (tertiary alicyclic amines) is 1. The maximum absolute atomic E-state index is 12.6. The molecule has 28 heavy (non-hydrogen) atoms. The lowest BCUT2D eigenvalue weighted by molar-refractivity contribution is 0.101. The summed E-state index contributed by atoms with van der Waals surface area (Å²) in [5.41, 5.74) is 2.89. The van der Waals surface area contributed by atoms with E-state index >= 15 is 0 Å². The van der Waals surface area contributed by atoms with Crippen molar-refractivity contribution in [3.63, 3.8) is 0 Å². The summed E-state index contributed by atoms with van der Waals surface area (Å²) in [5, 5.41) is 5.54. The van der Waals surface area contributed by atoms with E-state index in [2.05, 4.69) is 10.6 Å². The Labute approximate surface area is 164 Å². The number of anilines is 1. The van der Waals surface area contributed by atoms with Crippen molar-refractivity contribution in [3.8, 4) is 0 Å². The maximum atomic E-state index is 12.6. The number of urea groups is 1. The molecule has 1 aliphatic heterocycles. The van der Waals surface area contributed by atoms with Crippen LogP contribution >= 0.6 is 0 Å². The normalized spacial score (nSPS) is 16.4. The van der Waals surface area contributed by atoms with E-state index < -0.39 is 0 Å². The van der Waals surface area contributed by atoms with Crippen LogP contribution in [0, 0.1) is 0 Å². The molecular formula is C22H25N3O3. The van der Waals surface area contributed by atoms with Gasteiger partial charge < -0.3 is 15.5 Å². The Morgan fingerprint density at radius 3 is 2.46 bits per heavy atom. The van der Waals surface area contributed by atoms with Crippen LogP contribution in [0.1, 0.15) is 52.0 Å². The number of rotatable bonds is 4. The van der Waals surface area contributed by atoms with E-state index in [4.69, 9.17) is 0 Å². The predicted octanol–water partition coefficient (Wildman–Crippen LogP) is 3.66. The van der Waals surface area contributed by atoms with Gasteiger partial charge in [0, 0.05) is 42.9 Å². The standard InChI is InChI=1S/C22H25N3O3/c1-15(26)16-8-10-20(11-9-16)24-21(27)18-6-3-5-17(13-18)19-7-4-12-25(14-19)22(28)23-2/h3,5-6,8-11,13,19H,4,7,12,14H2,1-2H3,(H,23,28)(H,24,27). The van der Waals surface area contributed by atoms with E-state index in [9.17, 15) is 14.4 Å². The highest BCUT2D eigenvalue weighted by Crippen LogP contribution is 2.27. The highest BCUT2D eigenvalue weighted by atomic mass is 16.2. The van der Waals surface area contributed by atoms with E-state index in [0.29, 0.717) is 23.4 Å². The Morgan fingerprint density at radius 2 is 1.79 bits per heavy atom. The summed E-state index contributed by atoms with van der Waals surface area (Å²) < 4.78 is 0. The van der Waals surface area contributed by atoms with Crippen LogP contribution in [0.3, 0.4) is 0 Å². The molecule has 0 saturated carbocycles. The molecule has 2 N–H and O–H groups in total. The van der Waals surface area contributed by atoms with Gasteiger partial charge in [-0.15, -0.1) is 0 Å². The van der Waals surface area contributed by atoms with Gasteiger partial charge in [-0.05, 0) is 61.7 Å². The minimum absolute atomic E-state index is 0.0103. The molecule has 1 heterocycles. The number of amides is 3. The Bertz CT molecular complexity index is 877. The molecule has 0 bridgehead atoms. The average Bonchev–Trinajstić information content (AvgIpc) is 2.73. The number of nitrogens with one attached hydrogen (secondary N) is 2. The molecule has 146 valence electrons. The topological polar surface area (TPSA) is 78.5 Å². The van der Waals surface area contributed by atoms with E-state index in [1.807, 2.05) is 23.1 Å². The summed E-state index contributed by atoms with van der Waals surface area (Å²) in [5.74, 6) is 0.00824. The van der Waals surface area contributed by atoms with Crippen LogP contribution < -0.4 is 10.6 Å². The van der Waals surface area contributed by atoms with Gasteiger partial charge in [0.2, 0.25) is 0 Å². The number of benzene rings is 2. The Kier molecular flexibility index (Phi) is 6.09. The zero-order chi connectivity index (χ0) is 20.1. The highest BCUT2D eigenvalue weighted by Gasteiger charge is 2.24. The first-order chi connectivity index (χ1) is 13.5. The molecular weight excluding hydrogens is 354 g/mol. The molecule has 0 aromatic heterocycles. The van der Waals surface area contributed by atoms with Crippen LogP contribution in [0.5, 0.6) is 0 Å². The minimum atomic E-state index is -0.198. The summed E-state index contributed by atoms with van der Waals surface area (Å²) in [7, 11) is 1.64. The van der Waals surface area contributed by atoms with Crippen molar-refractivity contribution in [2.45, 2.75) is 25.7 Å². The van der Waals surface area contributed by atoms with E-state index in [1.54, 1.807) is 37.4 Å². The number of piperidine rings is 1. The number of nitrogens with zero attached hydrogens (tertiary/aromatic N) is 1. The molecule has 3 amide bonds. The van der Waals surface area contributed by atoms with Gasteiger partial charge in [-0.3, -0.25) is 9.59 Å². The molecule has 0 aliphatic carbocycles. The van der Waals surface area contributed by atoms with Crippen LogP contribution in [0.15, 0.2) is 48.5 Å². The number of carbonyl (C=O) groups is 3. The summed E-state index contributed by atoms with van der Waals surface area (Å²) in [6.07, 6.45) is 1.93. The third-order valence-electron chi connectivity index (χ3n) is 5.09. The number of hydrogen-bond donors (Lipinski definition) is 2. The lowest BCUT2D eigenvalue weighted by Crippen LogP contribution is -2.43. The largest absolute Gasteiger partial charge is 0.341 e. The zero-order valence-electron chi connectivity index (χ0n) is 16.2. The molecule has 6 heteroatoms. The molecule has 3 rings (SSSR count). The van der Waals surface area contributed by atoms with Crippen molar-refractivity contribution in [1.29, 1.82) is 0 Å². The van der Waals surface area contributed by atoms with Gasteiger partial charge in [0.25, 0.3) is 5.91 Å². The third-order valence-corrected chi connectivity index (χ3v) is 5.09. The lowest BCUT2D eigenvalue weighted by atomic mass is 9.89. The summed E-state index contributed by atoms with van der Waals surface area (Å²) in [6, 6.07) is 14.3. The van der Waals surface area contributed by atoms with Gasteiger partial charge in [0.15, 0.2) is 5.78 Å². The second-order valence-electron chi connectivity index (χ2n) is 7.05. The van der Waals surface area contributed by atoms with Gasteiger partial charge >= 0.3 is 6.03 Å². The van der Waals surface area contributed by atoms with Crippen LogP contribution in [0.25, 0.3) is 0 Å². The van der Waals surface area contributed by atoms with Crippen LogP contribution in [-0.4, -0.2) is 42.8 Å². The number of carbonyl (C=O) groups excluding carboxylic acids is 3. The SMILES string of the molecule is CNC(=O)N1CCCC(c2cccc(C(=O)Nc3ccc(C(C)=O)cc3)c2)C1. The van der Waals surface area contributed by atoms with Crippen LogP contribution in [0.4, 0.5) is 10.5 Å². The van der Waals surface area contributed by atoms with Crippen molar-refractivity contribution in [3.05, 3.63) is 65.2 Å². The van der Waals surface area contributed by atoms with Gasteiger partial charge in [-0.1, -0.05) is 12.1 Å². The second-order valence-corrected chi connectivity index (χ2v) is 7.05.